The highest BCUT2D eigenvalue weighted by atomic mass is 31.1. The van der Waals surface area contributed by atoms with Gasteiger partial charge in [-0.05, 0) is 17.7 Å². The summed E-state index contributed by atoms with van der Waals surface area (Å²) >= 11 is 0. The minimum absolute atomic E-state index is 0.124. The minimum Gasteiger partial charge on any atom is -0.478 e. The fourth-order valence-electron chi connectivity index (χ4n) is 3.36. The molecule has 4 heteroatoms. The fourth-order valence-corrected chi connectivity index (χ4v) is 5.59. The van der Waals surface area contributed by atoms with Gasteiger partial charge in [-0.25, -0.2) is 0 Å². The van der Waals surface area contributed by atoms with Crippen LogP contribution in [0.1, 0.15) is 11.3 Å². The number of benzene rings is 3. The van der Waals surface area contributed by atoms with Crippen molar-refractivity contribution in [2.24, 2.45) is 0 Å². The van der Waals surface area contributed by atoms with E-state index >= 15 is 0 Å². The summed E-state index contributed by atoms with van der Waals surface area (Å²) < 4.78 is 12.2. The Morgan fingerprint density at radius 1 is 0.792 bits per heavy atom. The van der Waals surface area contributed by atoms with Crippen LogP contribution in [0.4, 0.5) is 0 Å². The highest BCUT2D eigenvalue weighted by Gasteiger charge is 2.36. The number of hydrogen-bond acceptors (Lipinski definition) is 3. The predicted octanol–water partition coefficient (Wildman–Crippen LogP) is 4.41. The van der Waals surface area contributed by atoms with Gasteiger partial charge < -0.3 is 9.26 Å². The zero-order valence-corrected chi connectivity index (χ0v) is 13.9. The van der Waals surface area contributed by atoms with Crippen molar-refractivity contribution in [3.63, 3.8) is 0 Å². The van der Waals surface area contributed by atoms with Gasteiger partial charge in [0.2, 0.25) is 0 Å². The molecule has 0 aliphatic carbocycles. The van der Waals surface area contributed by atoms with Crippen LogP contribution >= 0.6 is 8.15 Å². The molecule has 0 spiro atoms. The molecule has 1 N–H and O–H groups in total. The van der Waals surface area contributed by atoms with E-state index in [0.717, 1.165) is 11.5 Å². The molecule has 2 aliphatic heterocycles. The molecule has 3 aromatic rings. The first-order valence-electron chi connectivity index (χ1n) is 8.02. The molecule has 0 fully saturated rings. The van der Waals surface area contributed by atoms with E-state index in [-0.39, 0.29) is 5.78 Å². The molecule has 0 bridgehead atoms. The highest BCUT2D eigenvalue weighted by Crippen LogP contribution is 2.57. The minimum atomic E-state index is -0.870. The average Bonchev–Trinajstić information content (AvgIpc) is 2.67. The molecule has 2 aliphatic rings. The number of nitrogens with one attached hydrogen (secondary N) is 1. The Morgan fingerprint density at radius 3 is 2.42 bits per heavy atom. The molecule has 3 aromatic carbocycles. The second kappa shape index (κ2) is 5.62. The Hall–Kier alpha value is -2.35. The number of ether oxygens (including phenoxy) is 1. The van der Waals surface area contributed by atoms with Gasteiger partial charge >= 0.3 is 0 Å². The van der Waals surface area contributed by atoms with Crippen molar-refractivity contribution in [2.45, 2.75) is 5.78 Å². The van der Waals surface area contributed by atoms with Crippen molar-refractivity contribution in [3.05, 3.63) is 78.4 Å². The topological polar surface area (TPSA) is 30.5 Å². The van der Waals surface area contributed by atoms with E-state index in [0.29, 0.717) is 6.73 Å². The summed E-state index contributed by atoms with van der Waals surface area (Å²) in [6.45, 7) is 0.508. The van der Waals surface area contributed by atoms with E-state index in [9.17, 15) is 0 Å². The van der Waals surface area contributed by atoms with Crippen molar-refractivity contribution in [3.8, 4) is 22.6 Å². The maximum absolute atomic E-state index is 6.50. The van der Waals surface area contributed by atoms with Crippen molar-refractivity contribution < 1.29 is 9.26 Å². The van der Waals surface area contributed by atoms with Gasteiger partial charge in [-0.15, -0.1) is 0 Å². The van der Waals surface area contributed by atoms with Gasteiger partial charge in [-0.1, -0.05) is 60.7 Å². The number of fused-ring (bicyclic) bond motifs is 4. The van der Waals surface area contributed by atoms with Crippen LogP contribution in [0.15, 0.2) is 72.8 Å². The van der Waals surface area contributed by atoms with Gasteiger partial charge in [-0.2, -0.15) is 0 Å². The average molecular weight is 333 g/mol. The van der Waals surface area contributed by atoms with Crippen molar-refractivity contribution >= 4 is 13.5 Å². The van der Waals surface area contributed by atoms with Gasteiger partial charge in [0.15, 0.2) is 0 Å². The predicted molar refractivity (Wildman–Crippen MR) is 96.9 cm³/mol. The van der Waals surface area contributed by atoms with Crippen LogP contribution in [0.2, 0.25) is 0 Å². The molecular weight excluding hydrogens is 317 g/mol. The molecule has 0 amide bonds. The van der Waals surface area contributed by atoms with Gasteiger partial charge in [-0.3, -0.25) is 5.32 Å². The molecule has 0 aromatic heterocycles. The second-order valence-electron chi connectivity index (χ2n) is 5.86. The van der Waals surface area contributed by atoms with Crippen molar-refractivity contribution in [2.75, 3.05) is 6.73 Å². The molecule has 2 unspecified atom stereocenters. The molecule has 3 nitrogen and oxygen atoms in total. The van der Waals surface area contributed by atoms with Crippen LogP contribution in [0.5, 0.6) is 11.5 Å². The molecule has 24 heavy (non-hydrogen) atoms. The fraction of sp³-hybridized carbons (Fsp3) is 0.100. The summed E-state index contributed by atoms with van der Waals surface area (Å²) in [5.74, 6) is 2.04. The Labute approximate surface area is 142 Å². The molecule has 0 saturated heterocycles. The zero-order chi connectivity index (χ0) is 15.9. The summed E-state index contributed by atoms with van der Waals surface area (Å²) in [4.78, 5) is 0. The van der Waals surface area contributed by atoms with Gasteiger partial charge in [0.05, 0.1) is 5.78 Å². The van der Waals surface area contributed by atoms with Crippen LogP contribution in [0.25, 0.3) is 11.1 Å². The van der Waals surface area contributed by atoms with Crippen molar-refractivity contribution in [1.29, 1.82) is 0 Å². The first kappa shape index (κ1) is 14.0. The summed E-state index contributed by atoms with van der Waals surface area (Å²) in [7, 11) is -0.870. The van der Waals surface area contributed by atoms with Gasteiger partial charge in [0, 0.05) is 16.4 Å². The Balaban J connectivity index is 1.66. The number of para-hydroxylation sites is 2. The summed E-state index contributed by atoms with van der Waals surface area (Å²) in [6, 6.07) is 25.1. The van der Waals surface area contributed by atoms with E-state index in [4.69, 9.17) is 9.26 Å². The third kappa shape index (κ3) is 2.13. The Kier molecular flexibility index (Phi) is 3.29. The monoisotopic (exact) mass is 333 g/mol. The van der Waals surface area contributed by atoms with Crippen LogP contribution in [-0.4, -0.2) is 6.73 Å². The molecule has 2 heterocycles. The number of rotatable bonds is 1. The second-order valence-corrected chi connectivity index (χ2v) is 7.70. The third-order valence-electron chi connectivity index (χ3n) is 4.47. The largest absolute Gasteiger partial charge is 0.478 e. The SMILES string of the molecule is c1ccc2c(c1)OP(C1NCOc3ccccc31)c1ccccc1-2. The summed E-state index contributed by atoms with van der Waals surface area (Å²) in [5.41, 5.74) is 3.62. The lowest BCUT2D eigenvalue weighted by Crippen LogP contribution is -2.33. The standard InChI is InChI=1S/C20H16NO2P/c1-5-11-18-14(7-1)15-8-3-6-12-19(15)24(23-18)20-16-9-2-4-10-17(16)22-13-21-20/h1-12,20-21H,13H2. The molecule has 5 rings (SSSR count). The third-order valence-corrected chi connectivity index (χ3v) is 6.66. The Bertz CT molecular complexity index is 911. The normalized spacial score (nSPS) is 20.8. The van der Waals surface area contributed by atoms with E-state index in [2.05, 4.69) is 59.9 Å². The van der Waals surface area contributed by atoms with Gasteiger partial charge in [0.1, 0.15) is 26.4 Å². The lowest BCUT2D eigenvalue weighted by atomic mass is 10.0. The van der Waals surface area contributed by atoms with Crippen LogP contribution in [0.3, 0.4) is 0 Å². The maximum Gasteiger partial charge on any atom is 0.142 e. The maximum atomic E-state index is 6.50. The summed E-state index contributed by atoms with van der Waals surface area (Å²) in [6.07, 6.45) is 0. The molecular formula is C20H16NO2P. The van der Waals surface area contributed by atoms with E-state index in [1.807, 2.05) is 18.2 Å². The molecule has 0 radical (unpaired) electrons. The van der Waals surface area contributed by atoms with Crippen LogP contribution in [0, 0.1) is 0 Å². The van der Waals surface area contributed by atoms with Crippen LogP contribution < -0.4 is 19.9 Å². The van der Waals surface area contributed by atoms with E-state index in [1.165, 1.54) is 22.0 Å². The smallest absolute Gasteiger partial charge is 0.142 e. The van der Waals surface area contributed by atoms with Crippen LogP contribution in [-0.2, 0) is 0 Å². The highest BCUT2D eigenvalue weighted by molar-refractivity contribution is 7.62. The summed E-state index contributed by atoms with van der Waals surface area (Å²) in [5, 5.41) is 4.78. The molecule has 0 saturated carbocycles. The molecule has 118 valence electrons. The zero-order valence-electron chi connectivity index (χ0n) is 13.0. The van der Waals surface area contributed by atoms with E-state index in [1.54, 1.807) is 0 Å². The van der Waals surface area contributed by atoms with Gasteiger partial charge in [0.25, 0.3) is 0 Å². The number of hydrogen-bond donors (Lipinski definition) is 1. The lowest BCUT2D eigenvalue weighted by Gasteiger charge is -2.36. The first-order valence-corrected chi connectivity index (χ1v) is 9.35. The lowest BCUT2D eigenvalue weighted by molar-refractivity contribution is 0.251. The quantitative estimate of drug-likeness (QED) is 0.669. The van der Waals surface area contributed by atoms with Crippen molar-refractivity contribution in [1.82, 2.24) is 5.32 Å². The molecule has 2 atom stereocenters. The van der Waals surface area contributed by atoms with E-state index < -0.39 is 8.15 Å². The Morgan fingerprint density at radius 2 is 1.50 bits per heavy atom. The first-order chi connectivity index (χ1) is 11.9.